The number of anilines is 1. The molecule has 0 fully saturated rings. The predicted molar refractivity (Wildman–Crippen MR) is 82.3 cm³/mol. The van der Waals surface area contributed by atoms with Gasteiger partial charge in [0.25, 0.3) is 5.91 Å². The second-order valence-corrected chi connectivity index (χ2v) is 4.84. The number of aromatic nitrogens is 3. The molecule has 1 amide bonds. The fraction of sp³-hybridized carbons (Fsp3) is 0.400. The second kappa shape index (κ2) is 7.42. The lowest BCUT2D eigenvalue weighted by molar-refractivity contribution is 0.0955. The summed E-state index contributed by atoms with van der Waals surface area (Å²) in [5, 5.41) is 10.1. The van der Waals surface area contributed by atoms with E-state index in [4.69, 9.17) is 0 Å². The third-order valence-electron chi connectivity index (χ3n) is 3.07. The maximum atomic E-state index is 11.6. The molecule has 0 atom stereocenters. The Morgan fingerprint density at radius 3 is 2.81 bits per heavy atom. The Labute approximate surface area is 124 Å². The molecule has 6 heteroatoms. The number of carbonyl (C=O) groups excluding carboxylic acids is 1. The number of amides is 1. The molecule has 2 aromatic heterocycles. The average molecular weight is 287 g/mol. The van der Waals surface area contributed by atoms with Crippen LogP contribution in [0.1, 0.15) is 29.3 Å². The number of rotatable bonds is 7. The van der Waals surface area contributed by atoms with E-state index >= 15 is 0 Å². The van der Waals surface area contributed by atoms with E-state index in [-0.39, 0.29) is 5.91 Å². The van der Waals surface area contributed by atoms with Crippen molar-refractivity contribution in [1.82, 2.24) is 20.1 Å². The first-order valence-electron chi connectivity index (χ1n) is 7.14. The summed E-state index contributed by atoms with van der Waals surface area (Å²) < 4.78 is 1.81. The van der Waals surface area contributed by atoms with Gasteiger partial charge in [0.05, 0.1) is 11.8 Å². The van der Waals surface area contributed by atoms with Gasteiger partial charge in [0.1, 0.15) is 5.82 Å². The van der Waals surface area contributed by atoms with Crippen LogP contribution in [0.4, 0.5) is 5.82 Å². The van der Waals surface area contributed by atoms with Gasteiger partial charge in [-0.15, -0.1) is 0 Å². The normalized spacial score (nSPS) is 10.4. The van der Waals surface area contributed by atoms with Crippen LogP contribution in [-0.2, 0) is 13.5 Å². The van der Waals surface area contributed by atoms with Crippen LogP contribution in [0.2, 0.25) is 0 Å². The largest absolute Gasteiger partial charge is 0.370 e. The zero-order valence-corrected chi connectivity index (χ0v) is 12.5. The van der Waals surface area contributed by atoms with Crippen molar-refractivity contribution in [3.05, 3.63) is 41.9 Å². The highest BCUT2D eigenvalue weighted by Gasteiger charge is 2.04. The highest BCUT2D eigenvalue weighted by Crippen LogP contribution is 2.06. The Balaban J connectivity index is 1.74. The average Bonchev–Trinajstić information content (AvgIpc) is 2.90. The highest BCUT2D eigenvalue weighted by atomic mass is 16.1. The van der Waals surface area contributed by atoms with Crippen molar-refractivity contribution >= 4 is 11.7 Å². The first-order chi connectivity index (χ1) is 10.2. The molecule has 21 heavy (non-hydrogen) atoms. The van der Waals surface area contributed by atoms with Crippen LogP contribution in [0.25, 0.3) is 0 Å². The molecule has 0 bridgehead atoms. The number of pyridine rings is 1. The summed E-state index contributed by atoms with van der Waals surface area (Å²) in [6.45, 7) is 3.35. The lowest BCUT2D eigenvalue weighted by Gasteiger charge is -2.06. The molecule has 0 aliphatic rings. The second-order valence-electron chi connectivity index (χ2n) is 4.84. The van der Waals surface area contributed by atoms with Crippen molar-refractivity contribution in [3.63, 3.8) is 0 Å². The predicted octanol–water partition coefficient (Wildman–Crippen LogP) is 1.61. The zero-order valence-electron chi connectivity index (χ0n) is 12.5. The number of hydrogen-bond donors (Lipinski definition) is 2. The summed E-state index contributed by atoms with van der Waals surface area (Å²) in [4.78, 5) is 15.8. The Kier molecular flexibility index (Phi) is 5.31. The molecule has 0 unspecified atom stereocenters. The van der Waals surface area contributed by atoms with Crippen molar-refractivity contribution in [2.45, 2.75) is 19.8 Å². The summed E-state index contributed by atoms with van der Waals surface area (Å²) >= 11 is 0. The molecule has 2 heterocycles. The number of hydrogen-bond acceptors (Lipinski definition) is 4. The first-order valence-corrected chi connectivity index (χ1v) is 7.14. The zero-order chi connectivity index (χ0) is 15.1. The number of aryl methyl sites for hydroxylation is 2. The van der Waals surface area contributed by atoms with Crippen molar-refractivity contribution in [3.8, 4) is 0 Å². The molecule has 0 saturated heterocycles. The van der Waals surface area contributed by atoms with E-state index in [9.17, 15) is 4.79 Å². The number of nitrogens with one attached hydrogen (secondary N) is 2. The van der Waals surface area contributed by atoms with Gasteiger partial charge in [-0.2, -0.15) is 5.10 Å². The third kappa shape index (κ3) is 4.59. The van der Waals surface area contributed by atoms with E-state index in [1.807, 2.05) is 37.1 Å². The molecule has 0 aliphatic heterocycles. The molecular formula is C15H21N5O. The van der Waals surface area contributed by atoms with Gasteiger partial charge in [-0.3, -0.25) is 9.48 Å². The van der Waals surface area contributed by atoms with Crippen LogP contribution in [0.15, 0.2) is 30.7 Å². The topological polar surface area (TPSA) is 71.8 Å². The minimum Gasteiger partial charge on any atom is -0.370 e. The van der Waals surface area contributed by atoms with Gasteiger partial charge in [-0.25, -0.2) is 4.98 Å². The molecule has 6 nitrogen and oxygen atoms in total. The van der Waals surface area contributed by atoms with Crippen molar-refractivity contribution < 1.29 is 4.79 Å². The first kappa shape index (κ1) is 15.0. The van der Waals surface area contributed by atoms with Crippen molar-refractivity contribution in [1.29, 1.82) is 0 Å². The lowest BCUT2D eigenvalue weighted by atomic mass is 10.2. The van der Waals surface area contributed by atoms with Gasteiger partial charge in [-0.05, 0) is 37.5 Å². The molecule has 0 radical (unpaired) electrons. The van der Waals surface area contributed by atoms with Crippen molar-refractivity contribution in [2.24, 2.45) is 7.05 Å². The smallest absolute Gasteiger partial charge is 0.252 e. The van der Waals surface area contributed by atoms with E-state index in [2.05, 4.69) is 20.7 Å². The molecule has 2 N–H and O–H groups in total. The van der Waals surface area contributed by atoms with Gasteiger partial charge in [0.2, 0.25) is 0 Å². The third-order valence-corrected chi connectivity index (χ3v) is 3.07. The van der Waals surface area contributed by atoms with E-state index in [1.54, 1.807) is 12.3 Å². The number of carbonyl (C=O) groups is 1. The van der Waals surface area contributed by atoms with E-state index in [1.165, 1.54) is 5.56 Å². The van der Waals surface area contributed by atoms with Crippen LogP contribution in [0.3, 0.4) is 0 Å². The standard InChI is InChI=1S/C15H21N5O/c1-3-16-15(21)13-6-7-14(18-10-13)17-8-4-5-12-9-19-20(2)11-12/h6-7,9-11H,3-5,8H2,1-2H3,(H,16,21)(H,17,18). The molecule has 2 aromatic rings. The summed E-state index contributed by atoms with van der Waals surface area (Å²) in [6, 6.07) is 3.61. The number of nitrogens with zero attached hydrogens (tertiary/aromatic N) is 3. The maximum absolute atomic E-state index is 11.6. The Morgan fingerprint density at radius 1 is 1.33 bits per heavy atom. The minimum atomic E-state index is -0.0897. The summed E-state index contributed by atoms with van der Waals surface area (Å²) in [7, 11) is 1.92. The van der Waals surface area contributed by atoms with Gasteiger partial charge in [0, 0.05) is 32.5 Å². The van der Waals surface area contributed by atoms with Crippen molar-refractivity contribution in [2.75, 3.05) is 18.4 Å². The van der Waals surface area contributed by atoms with E-state index in [0.717, 1.165) is 25.2 Å². The minimum absolute atomic E-state index is 0.0897. The van der Waals surface area contributed by atoms with Crippen LogP contribution in [-0.4, -0.2) is 33.8 Å². The van der Waals surface area contributed by atoms with Gasteiger partial charge in [0.15, 0.2) is 0 Å². The molecule has 112 valence electrons. The Bertz CT molecular complexity index is 576. The quantitative estimate of drug-likeness (QED) is 0.759. The summed E-state index contributed by atoms with van der Waals surface area (Å²) in [6.07, 6.45) is 7.50. The monoisotopic (exact) mass is 287 g/mol. The molecule has 0 aliphatic carbocycles. The molecule has 0 aromatic carbocycles. The molecule has 2 rings (SSSR count). The lowest BCUT2D eigenvalue weighted by Crippen LogP contribution is -2.22. The summed E-state index contributed by atoms with van der Waals surface area (Å²) in [5.41, 5.74) is 1.82. The SMILES string of the molecule is CCNC(=O)c1ccc(NCCCc2cnn(C)c2)nc1. The molecule has 0 spiro atoms. The fourth-order valence-electron chi connectivity index (χ4n) is 2.01. The molecule has 0 saturated carbocycles. The molecular weight excluding hydrogens is 266 g/mol. The van der Waals surface area contributed by atoms with Gasteiger partial charge >= 0.3 is 0 Å². The fourth-order valence-corrected chi connectivity index (χ4v) is 2.01. The van der Waals surface area contributed by atoms with Crippen LogP contribution >= 0.6 is 0 Å². The maximum Gasteiger partial charge on any atom is 0.252 e. The van der Waals surface area contributed by atoms with Crippen LogP contribution in [0, 0.1) is 0 Å². The van der Waals surface area contributed by atoms with Crippen LogP contribution < -0.4 is 10.6 Å². The Morgan fingerprint density at radius 2 is 2.19 bits per heavy atom. The van der Waals surface area contributed by atoms with E-state index in [0.29, 0.717) is 12.1 Å². The summed E-state index contributed by atoms with van der Waals surface area (Å²) in [5.74, 6) is 0.697. The van der Waals surface area contributed by atoms with E-state index < -0.39 is 0 Å². The van der Waals surface area contributed by atoms with Gasteiger partial charge in [-0.1, -0.05) is 0 Å². The highest BCUT2D eigenvalue weighted by molar-refractivity contribution is 5.93. The van der Waals surface area contributed by atoms with Gasteiger partial charge < -0.3 is 10.6 Å². The van der Waals surface area contributed by atoms with Crippen LogP contribution in [0.5, 0.6) is 0 Å². The Hall–Kier alpha value is -2.37.